The number of nitrogens with two attached hydrogens (primary N) is 1. The van der Waals surface area contributed by atoms with Gasteiger partial charge in [-0.3, -0.25) is 14.5 Å². The Kier molecular flexibility index (Phi) is 7.83. The normalized spacial score (nSPS) is 14.2. The Morgan fingerprint density at radius 3 is 2.57 bits per heavy atom. The number of rotatable bonds is 9. The summed E-state index contributed by atoms with van der Waals surface area (Å²) >= 11 is 0. The van der Waals surface area contributed by atoms with Gasteiger partial charge in [0.2, 0.25) is 5.91 Å². The molecule has 1 unspecified atom stereocenters. The number of hydrogen-bond donors (Lipinski definition) is 3. The zero-order chi connectivity index (χ0) is 21.5. The molecule has 0 saturated carbocycles. The number of nitrogens with zero attached hydrogens (tertiary/aromatic N) is 3. The second kappa shape index (κ2) is 9.43. The van der Waals surface area contributed by atoms with Crippen LogP contribution < -0.4 is 16.4 Å². The number of aliphatic imine (C=N–C) groups is 1. The van der Waals surface area contributed by atoms with Crippen LogP contribution in [-0.4, -0.2) is 40.5 Å². The number of allylic oxidation sites excluding steroid dienone is 1. The highest BCUT2D eigenvalue weighted by molar-refractivity contribution is 5.86. The van der Waals surface area contributed by atoms with Gasteiger partial charge in [0.05, 0.1) is 23.8 Å². The van der Waals surface area contributed by atoms with Crippen molar-refractivity contribution in [3.05, 3.63) is 42.0 Å². The van der Waals surface area contributed by atoms with E-state index < -0.39 is 23.3 Å². The number of nitrogens with one attached hydrogen (secondary N) is 2. The lowest BCUT2D eigenvalue weighted by molar-refractivity contribution is -0.137. The zero-order valence-corrected chi connectivity index (χ0v) is 16.5. The van der Waals surface area contributed by atoms with E-state index in [9.17, 15) is 18.0 Å². The van der Waals surface area contributed by atoms with Crippen LogP contribution in [0.2, 0.25) is 0 Å². The lowest BCUT2D eigenvalue weighted by Gasteiger charge is -2.29. The highest BCUT2D eigenvalue weighted by Crippen LogP contribution is 2.28. The summed E-state index contributed by atoms with van der Waals surface area (Å²) in [5.74, 6) is -0.347. The first-order chi connectivity index (χ1) is 12.9. The summed E-state index contributed by atoms with van der Waals surface area (Å²) in [5, 5.41) is 9.54. The molecule has 0 radical (unpaired) electrons. The van der Waals surface area contributed by atoms with Crippen molar-refractivity contribution in [2.24, 2.45) is 10.7 Å². The maximum Gasteiger partial charge on any atom is 0.419 e. The number of carbonyl (C=O) groups is 1. The van der Waals surface area contributed by atoms with E-state index in [0.717, 1.165) is 17.1 Å². The minimum atomic E-state index is -4.46. The second-order valence-electron chi connectivity index (χ2n) is 7.11. The molecule has 1 rings (SSSR count). The SMILES string of the molecule is C=C(C)NC(C/C(C=NC)=C/N)C(=O)NC(C)(C)Cn1cc(C(F)(F)F)cn1. The van der Waals surface area contributed by atoms with E-state index in [1.165, 1.54) is 6.20 Å². The van der Waals surface area contributed by atoms with Crippen LogP contribution in [0.4, 0.5) is 13.2 Å². The number of alkyl halides is 3. The molecule has 0 bridgehead atoms. The summed E-state index contributed by atoms with van der Waals surface area (Å²) in [6.45, 7) is 8.92. The van der Waals surface area contributed by atoms with E-state index in [2.05, 4.69) is 27.3 Å². The van der Waals surface area contributed by atoms with Gasteiger partial charge in [-0.25, -0.2) is 0 Å². The molecule has 7 nitrogen and oxygen atoms in total. The van der Waals surface area contributed by atoms with Crippen LogP contribution in [0.25, 0.3) is 0 Å². The van der Waals surface area contributed by atoms with Gasteiger partial charge >= 0.3 is 6.18 Å². The predicted octanol–water partition coefficient (Wildman–Crippen LogP) is 2.22. The van der Waals surface area contributed by atoms with Crippen molar-refractivity contribution in [3.63, 3.8) is 0 Å². The summed E-state index contributed by atoms with van der Waals surface area (Å²) < 4.78 is 39.3. The molecular weight excluding hydrogens is 373 g/mol. The van der Waals surface area contributed by atoms with Gasteiger partial charge in [0, 0.05) is 31.6 Å². The third-order valence-electron chi connectivity index (χ3n) is 3.67. The topological polar surface area (TPSA) is 97.3 Å². The van der Waals surface area contributed by atoms with Gasteiger partial charge < -0.3 is 16.4 Å². The van der Waals surface area contributed by atoms with Crippen molar-refractivity contribution in [1.29, 1.82) is 0 Å². The van der Waals surface area contributed by atoms with Gasteiger partial charge in [0.25, 0.3) is 0 Å². The van der Waals surface area contributed by atoms with Gasteiger partial charge in [-0.05, 0) is 32.5 Å². The fourth-order valence-corrected chi connectivity index (χ4v) is 2.53. The van der Waals surface area contributed by atoms with Gasteiger partial charge in [0.1, 0.15) is 6.04 Å². The third kappa shape index (κ3) is 7.45. The van der Waals surface area contributed by atoms with Crippen molar-refractivity contribution in [1.82, 2.24) is 20.4 Å². The fraction of sp³-hybridized carbons (Fsp3) is 0.500. The highest BCUT2D eigenvalue weighted by Gasteiger charge is 2.33. The molecule has 0 aliphatic heterocycles. The summed E-state index contributed by atoms with van der Waals surface area (Å²) in [6, 6.07) is -0.673. The monoisotopic (exact) mass is 400 g/mol. The first-order valence-electron chi connectivity index (χ1n) is 8.54. The molecule has 1 aromatic heterocycles. The first-order valence-corrected chi connectivity index (χ1v) is 8.54. The van der Waals surface area contributed by atoms with Crippen molar-refractivity contribution < 1.29 is 18.0 Å². The lowest BCUT2D eigenvalue weighted by atomic mass is 10.0. The van der Waals surface area contributed by atoms with Crippen molar-refractivity contribution in [2.45, 2.75) is 51.5 Å². The molecule has 10 heteroatoms. The molecule has 0 aliphatic rings. The van der Waals surface area contributed by atoms with Gasteiger partial charge in [-0.2, -0.15) is 18.3 Å². The zero-order valence-electron chi connectivity index (χ0n) is 16.5. The Labute approximate surface area is 162 Å². The summed E-state index contributed by atoms with van der Waals surface area (Å²) in [4.78, 5) is 16.7. The van der Waals surface area contributed by atoms with Gasteiger partial charge in [-0.1, -0.05) is 6.58 Å². The molecule has 0 saturated heterocycles. The average molecular weight is 400 g/mol. The first kappa shape index (κ1) is 23.3. The van der Waals surface area contributed by atoms with E-state index in [1.807, 2.05) is 0 Å². The van der Waals surface area contributed by atoms with Crippen LogP contribution in [0.3, 0.4) is 0 Å². The Balaban J connectivity index is 2.88. The van der Waals surface area contributed by atoms with Crippen LogP contribution in [0.1, 0.15) is 32.8 Å². The van der Waals surface area contributed by atoms with Crippen LogP contribution in [0.15, 0.2) is 41.4 Å². The molecule has 1 aromatic rings. The third-order valence-corrected chi connectivity index (χ3v) is 3.67. The molecule has 0 spiro atoms. The number of amides is 1. The Hall–Kier alpha value is -2.78. The second-order valence-corrected chi connectivity index (χ2v) is 7.11. The van der Waals surface area contributed by atoms with Crippen molar-refractivity contribution in [2.75, 3.05) is 7.05 Å². The van der Waals surface area contributed by atoms with E-state index in [-0.39, 0.29) is 18.9 Å². The average Bonchev–Trinajstić information content (AvgIpc) is 3.00. The molecule has 28 heavy (non-hydrogen) atoms. The summed E-state index contributed by atoms with van der Waals surface area (Å²) in [7, 11) is 1.59. The summed E-state index contributed by atoms with van der Waals surface area (Å²) in [5.41, 5.74) is 5.11. The minimum absolute atomic E-state index is 0.0601. The maximum atomic E-state index is 12.8. The molecule has 1 heterocycles. The standard InChI is InChI=1S/C18H27F3N6O/c1-12(2)25-15(6-13(7-22)8-23-5)16(28)26-17(3,4)11-27-10-14(9-24-27)18(19,20)21/h7-10,15,25H,1,6,11,22H2,2-5H3,(H,26,28)/b13-7-,23-8?. The summed E-state index contributed by atoms with van der Waals surface area (Å²) in [6.07, 6.45) is 0.377. The number of hydrogen-bond acceptors (Lipinski definition) is 5. The van der Waals surface area contributed by atoms with E-state index in [4.69, 9.17) is 5.73 Å². The van der Waals surface area contributed by atoms with E-state index in [1.54, 1.807) is 34.0 Å². The quantitative estimate of drug-likeness (QED) is 0.554. The Bertz CT molecular complexity index is 749. The molecule has 0 fully saturated rings. The Morgan fingerprint density at radius 1 is 1.46 bits per heavy atom. The molecular formula is C18H27F3N6O. The lowest BCUT2D eigenvalue weighted by Crippen LogP contribution is -2.53. The molecule has 0 aliphatic carbocycles. The smallest absolute Gasteiger partial charge is 0.404 e. The van der Waals surface area contributed by atoms with Gasteiger partial charge in [-0.15, -0.1) is 0 Å². The molecule has 1 atom stereocenters. The fourth-order valence-electron chi connectivity index (χ4n) is 2.53. The van der Waals surface area contributed by atoms with Crippen molar-refractivity contribution in [3.8, 4) is 0 Å². The molecule has 1 amide bonds. The minimum Gasteiger partial charge on any atom is -0.404 e. The molecule has 0 aromatic carbocycles. The molecule has 156 valence electrons. The van der Waals surface area contributed by atoms with Crippen LogP contribution in [-0.2, 0) is 17.5 Å². The van der Waals surface area contributed by atoms with Crippen LogP contribution in [0.5, 0.6) is 0 Å². The van der Waals surface area contributed by atoms with E-state index in [0.29, 0.717) is 11.3 Å². The van der Waals surface area contributed by atoms with Crippen molar-refractivity contribution >= 4 is 12.1 Å². The number of aromatic nitrogens is 2. The van der Waals surface area contributed by atoms with Crippen LogP contribution >= 0.6 is 0 Å². The predicted molar refractivity (Wildman–Crippen MR) is 102 cm³/mol. The van der Waals surface area contributed by atoms with Gasteiger partial charge in [0.15, 0.2) is 0 Å². The maximum absolute atomic E-state index is 12.8. The Morgan fingerprint density at radius 2 is 2.11 bits per heavy atom. The largest absolute Gasteiger partial charge is 0.419 e. The number of carbonyl (C=O) groups excluding carboxylic acids is 1. The molecule has 4 N–H and O–H groups in total. The van der Waals surface area contributed by atoms with E-state index >= 15 is 0 Å². The number of halogens is 3. The van der Waals surface area contributed by atoms with Crippen LogP contribution in [0, 0.1) is 0 Å². The highest BCUT2D eigenvalue weighted by atomic mass is 19.4.